The van der Waals surface area contributed by atoms with Gasteiger partial charge in [0.1, 0.15) is 5.60 Å². The van der Waals surface area contributed by atoms with Crippen LogP contribution in [0.1, 0.15) is 44.9 Å². The Hall–Kier alpha value is -0.120. The van der Waals surface area contributed by atoms with Gasteiger partial charge in [-0.2, -0.15) is 0 Å². The zero-order valence-electron chi connectivity index (χ0n) is 9.98. The Bertz CT molecular complexity index is 273. The van der Waals surface area contributed by atoms with Crippen LogP contribution in [-0.2, 0) is 4.74 Å². The molecule has 92 valence electrons. The van der Waals surface area contributed by atoms with Crippen molar-refractivity contribution in [3.05, 3.63) is 0 Å². The highest BCUT2D eigenvalue weighted by Gasteiger charge is 2.73. The number of methoxy groups -OCH3 is 1. The molecule has 2 N–H and O–H groups in total. The summed E-state index contributed by atoms with van der Waals surface area (Å²) in [6.45, 7) is 0. The van der Waals surface area contributed by atoms with Crippen LogP contribution in [0.2, 0.25) is 0 Å². The predicted molar refractivity (Wildman–Crippen MR) is 60.0 cm³/mol. The largest absolute Gasteiger partial charge is 0.390 e. The molecule has 0 radical (unpaired) electrons. The van der Waals surface area contributed by atoms with E-state index in [1.54, 1.807) is 7.11 Å². The van der Waals surface area contributed by atoms with E-state index >= 15 is 0 Å². The number of rotatable bonds is 1. The molecule has 0 aromatic carbocycles. The third kappa shape index (κ3) is 1.05. The normalized spacial score (nSPS) is 56.1. The van der Waals surface area contributed by atoms with Crippen LogP contribution in [-0.4, -0.2) is 34.6 Å². The second kappa shape index (κ2) is 3.44. The molecule has 0 heterocycles. The number of aliphatic hydroxyl groups is 2. The van der Waals surface area contributed by atoms with Gasteiger partial charge in [0.25, 0.3) is 0 Å². The Morgan fingerprint density at radius 3 is 2.44 bits per heavy atom. The molecule has 16 heavy (non-hydrogen) atoms. The van der Waals surface area contributed by atoms with Crippen molar-refractivity contribution in [3.8, 4) is 0 Å². The van der Waals surface area contributed by atoms with Crippen LogP contribution in [0.3, 0.4) is 0 Å². The second-order valence-corrected chi connectivity index (χ2v) is 5.84. The topological polar surface area (TPSA) is 49.7 Å². The summed E-state index contributed by atoms with van der Waals surface area (Å²) in [6, 6.07) is 0. The van der Waals surface area contributed by atoms with Gasteiger partial charge in [-0.3, -0.25) is 0 Å². The molecule has 0 saturated heterocycles. The van der Waals surface area contributed by atoms with Gasteiger partial charge in [0.05, 0.1) is 11.7 Å². The van der Waals surface area contributed by atoms with Crippen LogP contribution in [0.25, 0.3) is 0 Å². The molecular weight excluding hydrogens is 204 g/mol. The Morgan fingerprint density at radius 2 is 1.75 bits per heavy atom. The van der Waals surface area contributed by atoms with Crippen molar-refractivity contribution in [1.29, 1.82) is 0 Å². The third-order valence-corrected chi connectivity index (χ3v) is 5.49. The predicted octanol–water partition coefficient (Wildman–Crippen LogP) is 1.47. The first-order chi connectivity index (χ1) is 7.66. The Morgan fingerprint density at radius 1 is 1.06 bits per heavy atom. The van der Waals surface area contributed by atoms with Crippen molar-refractivity contribution in [2.24, 2.45) is 11.8 Å². The fraction of sp³-hybridized carbons (Fsp3) is 1.00. The molecule has 3 aliphatic rings. The highest BCUT2D eigenvalue weighted by molar-refractivity contribution is 5.23. The molecule has 3 aliphatic carbocycles. The van der Waals surface area contributed by atoms with Crippen molar-refractivity contribution in [2.75, 3.05) is 7.11 Å². The maximum Gasteiger partial charge on any atom is 0.102 e. The first kappa shape index (κ1) is 11.0. The maximum atomic E-state index is 10.8. The summed E-state index contributed by atoms with van der Waals surface area (Å²) in [7, 11) is 1.78. The Balaban J connectivity index is 1.95. The van der Waals surface area contributed by atoms with Gasteiger partial charge in [-0.05, 0) is 25.7 Å². The number of hydrogen-bond acceptors (Lipinski definition) is 3. The van der Waals surface area contributed by atoms with Crippen molar-refractivity contribution in [1.82, 2.24) is 0 Å². The molecule has 3 rings (SSSR count). The van der Waals surface area contributed by atoms with Crippen LogP contribution in [0.4, 0.5) is 0 Å². The van der Waals surface area contributed by atoms with E-state index < -0.39 is 11.7 Å². The van der Waals surface area contributed by atoms with Gasteiger partial charge in [-0.25, -0.2) is 0 Å². The number of hydrogen-bond donors (Lipinski definition) is 2. The molecule has 3 fully saturated rings. The second-order valence-electron chi connectivity index (χ2n) is 5.84. The minimum atomic E-state index is -0.839. The summed E-state index contributed by atoms with van der Waals surface area (Å²) in [5.74, 6) is 0.332. The van der Waals surface area contributed by atoms with Gasteiger partial charge in [0.2, 0.25) is 0 Å². The standard InChI is InChI=1S/C13H22O3/c1-16-12-8-3-2-5-9(12)13(15)10(12)6-4-7-11(13)14/h9-11,14-15H,2-8H2,1H3/t9-,10+,11-,12-,13+/m0/s1. The lowest BCUT2D eigenvalue weighted by Gasteiger charge is -2.70. The summed E-state index contributed by atoms with van der Waals surface area (Å²) < 4.78 is 5.79. The first-order valence-electron chi connectivity index (χ1n) is 6.62. The van der Waals surface area contributed by atoms with Crippen molar-refractivity contribution >= 4 is 0 Å². The smallest absolute Gasteiger partial charge is 0.102 e. The SMILES string of the molecule is CO[C@@]12CCCC[C@@H]1[C@@]1(O)[C@@H]2CCC[C@@H]1O. The summed E-state index contributed by atoms with van der Waals surface area (Å²) in [6.07, 6.45) is 6.70. The highest BCUT2D eigenvalue weighted by atomic mass is 16.5. The van der Waals surface area contributed by atoms with E-state index in [9.17, 15) is 10.2 Å². The lowest BCUT2D eigenvalue weighted by atomic mass is 9.41. The van der Waals surface area contributed by atoms with Gasteiger partial charge in [-0.1, -0.05) is 19.3 Å². The maximum absolute atomic E-state index is 10.8. The molecular formula is C13H22O3. The van der Waals surface area contributed by atoms with Crippen LogP contribution >= 0.6 is 0 Å². The fourth-order valence-electron chi connectivity index (χ4n) is 4.82. The molecule has 0 amide bonds. The highest BCUT2D eigenvalue weighted by Crippen LogP contribution is 2.65. The van der Waals surface area contributed by atoms with Crippen LogP contribution in [0.5, 0.6) is 0 Å². The quantitative estimate of drug-likeness (QED) is 0.712. The van der Waals surface area contributed by atoms with E-state index in [1.807, 2.05) is 0 Å². The molecule has 3 heteroatoms. The molecule has 3 saturated carbocycles. The zero-order valence-corrected chi connectivity index (χ0v) is 9.98. The number of ether oxygens (including phenoxy) is 1. The van der Waals surface area contributed by atoms with Gasteiger partial charge in [0.15, 0.2) is 0 Å². The molecule has 0 unspecified atom stereocenters. The lowest BCUT2D eigenvalue weighted by molar-refractivity contribution is -0.350. The summed E-state index contributed by atoms with van der Waals surface area (Å²) >= 11 is 0. The average Bonchev–Trinajstić information content (AvgIpc) is 2.31. The van der Waals surface area contributed by atoms with Gasteiger partial charge in [-0.15, -0.1) is 0 Å². The molecule has 0 spiro atoms. The Labute approximate surface area is 96.8 Å². The number of aliphatic hydroxyl groups excluding tert-OH is 1. The van der Waals surface area contributed by atoms with E-state index in [1.165, 1.54) is 6.42 Å². The van der Waals surface area contributed by atoms with Gasteiger partial charge < -0.3 is 14.9 Å². The van der Waals surface area contributed by atoms with Crippen molar-refractivity contribution in [2.45, 2.75) is 62.3 Å². The van der Waals surface area contributed by atoms with E-state index in [-0.39, 0.29) is 17.4 Å². The Kier molecular flexibility index (Phi) is 2.36. The van der Waals surface area contributed by atoms with Crippen molar-refractivity contribution < 1.29 is 14.9 Å². The van der Waals surface area contributed by atoms with E-state index in [0.29, 0.717) is 0 Å². The van der Waals surface area contributed by atoms with Crippen molar-refractivity contribution in [3.63, 3.8) is 0 Å². The van der Waals surface area contributed by atoms with Crippen LogP contribution in [0, 0.1) is 11.8 Å². The molecule has 3 nitrogen and oxygen atoms in total. The monoisotopic (exact) mass is 226 g/mol. The third-order valence-electron chi connectivity index (χ3n) is 5.49. The molecule has 0 bridgehead atoms. The van der Waals surface area contributed by atoms with Gasteiger partial charge in [0, 0.05) is 18.9 Å². The lowest BCUT2D eigenvalue weighted by Crippen LogP contribution is -2.80. The fourth-order valence-corrected chi connectivity index (χ4v) is 4.82. The first-order valence-corrected chi connectivity index (χ1v) is 6.62. The van der Waals surface area contributed by atoms with Gasteiger partial charge >= 0.3 is 0 Å². The van der Waals surface area contributed by atoms with Crippen LogP contribution < -0.4 is 0 Å². The molecule has 0 aromatic rings. The van der Waals surface area contributed by atoms with E-state index in [2.05, 4.69) is 0 Å². The molecule has 5 atom stereocenters. The summed E-state index contributed by atoms with van der Waals surface area (Å²) in [5.41, 5.74) is -0.955. The average molecular weight is 226 g/mol. The minimum absolute atomic E-state index is 0.117. The van der Waals surface area contributed by atoms with Crippen LogP contribution in [0.15, 0.2) is 0 Å². The zero-order chi connectivity index (χ0) is 11.4. The molecule has 0 aliphatic heterocycles. The van der Waals surface area contributed by atoms with E-state index in [4.69, 9.17) is 4.74 Å². The van der Waals surface area contributed by atoms with E-state index in [0.717, 1.165) is 38.5 Å². The number of fused-ring (bicyclic) bond motifs is 4. The summed E-state index contributed by atoms with van der Waals surface area (Å²) in [5, 5.41) is 20.9. The summed E-state index contributed by atoms with van der Waals surface area (Å²) in [4.78, 5) is 0. The minimum Gasteiger partial charge on any atom is -0.390 e. The molecule has 0 aromatic heterocycles.